The summed E-state index contributed by atoms with van der Waals surface area (Å²) in [6.07, 6.45) is 1.75. The second-order valence-corrected chi connectivity index (χ2v) is 10.7. The molecule has 0 aliphatic heterocycles. The molecule has 200 valence electrons. The molecule has 0 unspecified atom stereocenters. The fraction of sp³-hybridized carbons (Fsp3) is 0. The van der Waals surface area contributed by atoms with Gasteiger partial charge in [0.1, 0.15) is 16.9 Å². The molecule has 0 saturated heterocycles. The highest BCUT2D eigenvalue weighted by molar-refractivity contribution is 6.22. The van der Waals surface area contributed by atoms with Crippen LogP contribution in [-0.2, 0) is 0 Å². The van der Waals surface area contributed by atoms with E-state index in [-0.39, 0.29) is 0 Å². The molecule has 6 aromatic carbocycles. The van der Waals surface area contributed by atoms with Crippen LogP contribution in [0.1, 0.15) is 0 Å². The van der Waals surface area contributed by atoms with Gasteiger partial charge < -0.3 is 4.42 Å². The van der Waals surface area contributed by atoms with Crippen molar-refractivity contribution in [2.45, 2.75) is 0 Å². The van der Waals surface area contributed by atoms with E-state index in [4.69, 9.17) is 24.4 Å². The maximum Gasteiger partial charge on any atom is 0.183 e. The van der Waals surface area contributed by atoms with Crippen LogP contribution >= 0.6 is 0 Å². The van der Waals surface area contributed by atoms with Gasteiger partial charge in [0.25, 0.3) is 0 Å². The summed E-state index contributed by atoms with van der Waals surface area (Å²) in [6, 6.07) is 43.5. The van der Waals surface area contributed by atoms with Gasteiger partial charge in [-0.2, -0.15) is 0 Å². The van der Waals surface area contributed by atoms with E-state index in [1.807, 2.05) is 54.6 Å². The highest BCUT2D eigenvalue weighted by Crippen LogP contribution is 2.40. The van der Waals surface area contributed by atoms with Gasteiger partial charge in [-0.15, -0.1) is 0 Å². The van der Waals surface area contributed by atoms with Crippen molar-refractivity contribution in [1.82, 2.24) is 19.9 Å². The normalized spacial score (nSPS) is 11.7. The Morgan fingerprint density at radius 2 is 1.14 bits per heavy atom. The van der Waals surface area contributed by atoms with Gasteiger partial charge in [-0.3, -0.25) is 4.98 Å². The van der Waals surface area contributed by atoms with E-state index in [2.05, 4.69) is 72.8 Å². The van der Waals surface area contributed by atoms with Crippen LogP contribution < -0.4 is 0 Å². The number of benzene rings is 6. The zero-order valence-corrected chi connectivity index (χ0v) is 22.9. The Kier molecular flexibility index (Phi) is 5.13. The van der Waals surface area contributed by atoms with Gasteiger partial charge in [0.15, 0.2) is 17.5 Å². The lowest BCUT2D eigenvalue weighted by Crippen LogP contribution is -2.02. The van der Waals surface area contributed by atoms with Crippen LogP contribution in [0.15, 0.2) is 138 Å². The maximum absolute atomic E-state index is 6.19. The average molecular weight is 551 g/mol. The number of rotatable bonds is 3. The molecule has 0 N–H and O–H groups in total. The van der Waals surface area contributed by atoms with Crippen LogP contribution in [-0.4, -0.2) is 19.9 Å². The molecule has 5 heteroatoms. The quantitative estimate of drug-likeness (QED) is 0.205. The molecule has 0 spiro atoms. The van der Waals surface area contributed by atoms with Crippen LogP contribution in [0, 0.1) is 0 Å². The lowest BCUT2D eigenvalue weighted by atomic mass is 9.92. The van der Waals surface area contributed by atoms with E-state index in [9.17, 15) is 0 Å². The molecule has 43 heavy (non-hydrogen) atoms. The van der Waals surface area contributed by atoms with Crippen molar-refractivity contribution in [3.63, 3.8) is 0 Å². The van der Waals surface area contributed by atoms with Gasteiger partial charge in [0, 0.05) is 28.1 Å². The minimum atomic E-state index is 0.502. The van der Waals surface area contributed by atoms with E-state index in [1.54, 1.807) is 6.20 Å². The maximum atomic E-state index is 6.19. The molecule has 0 aliphatic rings. The highest BCUT2D eigenvalue weighted by Gasteiger charge is 2.21. The molecular weight excluding hydrogens is 528 g/mol. The first-order valence-electron chi connectivity index (χ1n) is 14.2. The number of aromatic nitrogens is 4. The molecule has 3 heterocycles. The summed E-state index contributed by atoms with van der Waals surface area (Å²) in [6.45, 7) is 0. The SMILES string of the molecule is c1ccc(-c2nc(-c3nccc4oc5ccccc5c34)nc(-c3cc4ccccc4c4ccc5ccccc5c34)n2)cc1. The third-order valence-corrected chi connectivity index (χ3v) is 8.16. The number of fused-ring (bicyclic) bond motifs is 8. The van der Waals surface area contributed by atoms with Crippen molar-refractivity contribution in [1.29, 1.82) is 0 Å². The predicted molar refractivity (Wildman–Crippen MR) is 174 cm³/mol. The fourth-order valence-electron chi connectivity index (χ4n) is 6.22. The minimum Gasteiger partial charge on any atom is -0.456 e. The van der Waals surface area contributed by atoms with Gasteiger partial charge in [-0.1, -0.05) is 109 Å². The van der Waals surface area contributed by atoms with Crippen molar-refractivity contribution >= 4 is 54.3 Å². The van der Waals surface area contributed by atoms with E-state index < -0.39 is 0 Å². The topological polar surface area (TPSA) is 64.7 Å². The second kappa shape index (κ2) is 9.29. The largest absolute Gasteiger partial charge is 0.456 e. The summed E-state index contributed by atoms with van der Waals surface area (Å²) in [5, 5.41) is 8.80. The molecule has 3 aromatic heterocycles. The Hall–Kier alpha value is -5.94. The smallest absolute Gasteiger partial charge is 0.183 e. The molecular formula is C38H22N4O. The molecule has 0 fully saturated rings. The first kappa shape index (κ1) is 23.7. The lowest BCUT2D eigenvalue weighted by Gasteiger charge is -2.14. The van der Waals surface area contributed by atoms with Crippen LogP contribution in [0.5, 0.6) is 0 Å². The van der Waals surface area contributed by atoms with Gasteiger partial charge in [-0.25, -0.2) is 15.0 Å². The summed E-state index contributed by atoms with van der Waals surface area (Å²) >= 11 is 0. The predicted octanol–water partition coefficient (Wildman–Crippen LogP) is 9.63. The number of para-hydroxylation sites is 1. The molecule has 0 amide bonds. The van der Waals surface area contributed by atoms with Gasteiger partial charge in [0.2, 0.25) is 0 Å². The van der Waals surface area contributed by atoms with E-state index in [1.165, 1.54) is 10.8 Å². The van der Waals surface area contributed by atoms with Crippen molar-refractivity contribution in [2.24, 2.45) is 0 Å². The van der Waals surface area contributed by atoms with Gasteiger partial charge >= 0.3 is 0 Å². The van der Waals surface area contributed by atoms with E-state index in [0.29, 0.717) is 23.2 Å². The summed E-state index contributed by atoms with van der Waals surface area (Å²) < 4.78 is 6.19. The van der Waals surface area contributed by atoms with Crippen LogP contribution in [0.3, 0.4) is 0 Å². The highest BCUT2D eigenvalue weighted by atomic mass is 16.3. The summed E-state index contributed by atoms with van der Waals surface area (Å²) in [5.74, 6) is 1.69. The van der Waals surface area contributed by atoms with Crippen molar-refractivity contribution in [2.75, 3.05) is 0 Å². The fourth-order valence-corrected chi connectivity index (χ4v) is 6.22. The zero-order chi connectivity index (χ0) is 28.3. The van der Waals surface area contributed by atoms with Crippen molar-refractivity contribution < 1.29 is 4.42 Å². The third kappa shape index (κ3) is 3.72. The number of pyridine rings is 1. The number of hydrogen-bond donors (Lipinski definition) is 0. The van der Waals surface area contributed by atoms with E-state index >= 15 is 0 Å². The lowest BCUT2D eigenvalue weighted by molar-refractivity contribution is 0.668. The van der Waals surface area contributed by atoms with Gasteiger partial charge in [-0.05, 0) is 45.1 Å². The minimum absolute atomic E-state index is 0.502. The summed E-state index contributed by atoms with van der Waals surface area (Å²) in [4.78, 5) is 20.1. The summed E-state index contributed by atoms with van der Waals surface area (Å²) in [7, 11) is 0. The van der Waals surface area contributed by atoms with E-state index in [0.717, 1.165) is 54.6 Å². The molecule has 0 saturated carbocycles. The Balaban J connectivity index is 1.42. The first-order chi connectivity index (χ1) is 21.3. The molecule has 0 atom stereocenters. The molecule has 0 radical (unpaired) electrons. The molecule has 5 nitrogen and oxygen atoms in total. The molecule has 0 bridgehead atoms. The van der Waals surface area contributed by atoms with Crippen molar-refractivity contribution in [3.05, 3.63) is 134 Å². The zero-order valence-electron chi connectivity index (χ0n) is 22.9. The Bertz CT molecular complexity index is 2520. The van der Waals surface area contributed by atoms with Crippen LogP contribution in [0.2, 0.25) is 0 Å². The molecule has 9 rings (SSSR count). The van der Waals surface area contributed by atoms with Crippen LogP contribution in [0.25, 0.3) is 88.5 Å². The number of furan rings is 1. The third-order valence-electron chi connectivity index (χ3n) is 8.16. The monoisotopic (exact) mass is 550 g/mol. The standard InChI is InChI=1S/C38H22N4O/c1-2-11-24(12-3-1)36-40-37(42-38(41-36)35-34-29-16-8-9-17-31(29)43-32(34)20-21-39-35)30-22-25-13-5-6-14-26(25)28-19-18-23-10-4-7-15-27(23)33(28)30/h1-22H. The van der Waals surface area contributed by atoms with Crippen molar-refractivity contribution in [3.8, 4) is 34.3 Å². The summed E-state index contributed by atoms with van der Waals surface area (Å²) in [5.41, 5.74) is 4.08. The first-order valence-corrected chi connectivity index (χ1v) is 14.2. The second-order valence-electron chi connectivity index (χ2n) is 10.7. The molecule has 0 aliphatic carbocycles. The Morgan fingerprint density at radius 3 is 2.02 bits per heavy atom. The van der Waals surface area contributed by atoms with Gasteiger partial charge in [0.05, 0.1) is 5.39 Å². The Labute approximate surface area is 246 Å². The molecule has 9 aromatic rings. The van der Waals surface area contributed by atoms with Crippen LogP contribution in [0.4, 0.5) is 0 Å². The Morgan fingerprint density at radius 1 is 0.442 bits per heavy atom. The average Bonchev–Trinajstić information content (AvgIpc) is 3.47. The number of hydrogen-bond acceptors (Lipinski definition) is 5. The number of nitrogens with zero attached hydrogens (tertiary/aromatic N) is 4.